The lowest BCUT2D eigenvalue weighted by Crippen LogP contribution is -2.44. The SMILES string of the molecule is C=C/C=C/C=C/C=C\C(C)(c1ccc2c(c1)C1(c3ccccc3-c3ccccc31)c1ccccc1C2(C)C)N(C)C(N=C(N)c1ccccc1)c1ccccc1. The van der Waals surface area contributed by atoms with Crippen molar-refractivity contribution in [2.75, 3.05) is 7.05 Å². The molecule has 276 valence electrons. The molecule has 2 atom stereocenters. The van der Waals surface area contributed by atoms with Gasteiger partial charge < -0.3 is 5.73 Å². The number of hydrogen-bond acceptors (Lipinski definition) is 2. The molecular formula is C53H49N3. The van der Waals surface area contributed by atoms with Crippen LogP contribution in [0.3, 0.4) is 0 Å². The average molecular weight is 728 g/mol. The molecule has 0 amide bonds. The van der Waals surface area contributed by atoms with Gasteiger partial charge in [0.05, 0.1) is 11.0 Å². The van der Waals surface area contributed by atoms with Gasteiger partial charge in [0.1, 0.15) is 12.0 Å². The van der Waals surface area contributed by atoms with E-state index in [9.17, 15) is 0 Å². The molecule has 3 heteroatoms. The van der Waals surface area contributed by atoms with Crippen LogP contribution in [0, 0.1) is 0 Å². The highest BCUT2D eigenvalue weighted by Gasteiger charge is 2.53. The van der Waals surface area contributed by atoms with Gasteiger partial charge in [0.2, 0.25) is 0 Å². The molecule has 0 heterocycles. The molecule has 8 rings (SSSR count). The van der Waals surface area contributed by atoms with Gasteiger partial charge in [-0.05, 0) is 69.6 Å². The summed E-state index contributed by atoms with van der Waals surface area (Å²) < 4.78 is 0. The quantitative estimate of drug-likeness (QED) is 0.0866. The number of benzene rings is 6. The number of fused-ring (bicyclic) bond motifs is 9. The molecule has 0 aliphatic heterocycles. The van der Waals surface area contributed by atoms with Gasteiger partial charge in [0.15, 0.2) is 0 Å². The Bertz CT molecular complexity index is 2470. The van der Waals surface area contributed by atoms with Gasteiger partial charge in [-0.1, -0.05) is 215 Å². The summed E-state index contributed by atoms with van der Waals surface area (Å²) in [5.41, 5.74) is 19.2. The van der Waals surface area contributed by atoms with Crippen LogP contribution in [-0.4, -0.2) is 17.8 Å². The summed E-state index contributed by atoms with van der Waals surface area (Å²) in [6.07, 6.45) is 13.9. The van der Waals surface area contributed by atoms with Crippen LogP contribution < -0.4 is 5.73 Å². The van der Waals surface area contributed by atoms with Gasteiger partial charge in [-0.15, -0.1) is 0 Å². The number of nitrogens with two attached hydrogens (primary N) is 1. The minimum Gasteiger partial charge on any atom is -0.383 e. The molecule has 0 saturated carbocycles. The molecule has 0 saturated heterocycles. The van der Waals surface area contributed by atoms with Gasteiger partial charge in [-0.3, -0.25) is 4.90 Å². The van der Waals surface area contributed by atoms with E-state index in [0.29, 0.717) is 5.84 Å². The highest BCUT2D eigenvalue weighted by Crippen LogP contribution is 2.62. The van der Waals surface area contributed by atoms with Crippen molar-refractivity contribution >= 4 is 5.84 Å². The third kappa shape index (κ3) is 5.91. The first-order valence-electron chi connectivity index (χ1n) is 19.5. The molecule has 0 bridgehead atoms. The summed E-state index contributed by atoms with van der Waals surface area (Å²) in [5.74, 6) is 0.494. The van der Waals surface area contributed by atoms with Crippen molar-refractivity contribution in [2.45, 2.75) is 43.3 Å². The summed E-state index contributed by atoms with van der Waals surface area (Å²) in [4.78, 5) is 7.65. The van der Waals surface area contributed by atoms with Crippen molar-refractivity contribution < 1.29 is 0 Å². The van der Waals surface area contributed by atoms with Crippen LogP contribution in [0.5, 0.6) is 0 Å². The van der Waals surface area contributed by atoms with Gasteiger partial charge in [0, 0.05) is 11.0 Å². The molecule has 6 aromatic carbocycles. The fourth-order valence-electron chi connectivity index (χ4n) is 9.19. The maximum atomic E-state index is 6.83. The summed E-state index contributed by atoms with van der Waals surface area (Å²) in [5, 5.41) is 0. The lowest BCUT2D eigenvalue weighted by Gasteiger charge is -2.48. The van der Waals surface area contributed by atoms with Crippen LogP contribution in [0.25, 0.3) is 11.1 Å². The molecule has 56 heavy (non-hydrogen) atoms. The van der Waals surface area contributed by atoms with Crippen molar-refractivity contribution in [3.63, 3.8) is 0 Å². The molecule has 2 unspecified atom stereocenters. The topological polar surface area (TPSA) is 41.6 Å². The number of likely N-dealkylation sites (N-methyl/N-ethyl adjacent to an activating group) is 1. The zero-order chi connectivity index (χ0) is 38.9. The van der Waals surface area contributed by atoms with Crippen molar-refractivity contribution in [1.29, 1.82) is 0 Å². The fourth-order valence-corrected chi connectivity index (χ4v) is 9.19. The highest BCUT2D eigenvalue weighted by atomic mass is 15.3. The Labute approximate surface area is 332 Å². The minimum atomic E-state index is -0.650. The molecule has 2 aliphatic rings. The molecule has 6 aromatic rings. The van der Waals surface area contributed by atoms with Crippen LogP contribution in [0.15, 0.2) is 206 Å². The first kappa shape index (κ1) is 36.7. The normalized spacial score (nSPS) is 16.8. The van der Waals surface area contributed by atoms with Gasteiger partial charge in [-0.2, -0.15) is 0 Å². The van der Waals surface area contributed by atoms with Crippen LogP contribution in [0.2, 0.25) is 0 Å². The average Bonchev–Trinajstić information content (AvgIpc) is 3.54. The molecule has 0 fully saturated rings. The van der Waals surface area contributed by atoms with E-state index in [0.717, 1.165) is 16.7 Å². The van der Waals surface area contributed by atoms with Gasteiger partial charge in [0.25, 0.3) is 0 Å². The number of nitrogens with zero attached hydrogens (tertiary/aromatic N) is 2. The zero-order valence-electron chi connectivity index (χ0n) is 32.7. The van der Waals surface area contributed by atoms with Crippen molar-refractivity contribution in [3.05, 3.63) is 251 Å². The Balaban J connectivity index is 1.39. The second-order valence-electron chi connectivity index (χ2n) is 15.6. The third-order valence-electron chi connectivity index (χ3n) is 12.2. The molecule has 0 aromatic heterocycles. The van der Waals surface area contributed by atoms with Crippen LogP contribution in [-0.2, 0) is 16.4 Å². The lowest BCUT2D eigenvalue weighted by atomic mass is 9.55. The predicted molar refractivity (Wildman–Crippen MR) is 235 cm³/mol. The third-order valence-corrected chi connectivity index (χ3v) is 12.2. The number of allylic oxidation sites excluding steroid dienone is 6. The van der Waals surface area contributed by atoms with E-state index in [1.165, 1.54) is 44.5 Å². The Kier molecular flexibility index (Phi) is 9.66. The maximum absolute atomic E-state index is 6.83. The number of hydrogen-bond donors (Lipinski definition) is 1. The number of amidine groups is 1. The standard InChI is InChI=1S/C53H49N3/c1-6-7-8-9-10-23-36-52(4,56(5)50(39-26-15-12-16-27-39)55-49(54)38-24-13-11-14-25-38)40-34-35-46-48(37-40)53(47-33-22-21-32-45(47)51(46,2)3)43-30-19-17-28-41(43)42-29-18-20-31-44(42)53/h6-37,50H,1H2,2-5H3,(H2,54,55)/b8-7+,10-9+,36-23-. The smallest absolute Gasteiger partial charge is 0.131 e. The van der Waals surface area contributed by atoms with Crippen molar-refractivity contribution in [3.8, 4) is 11.1 Å². The van der Waals surface area contributed by atoms with E-state index in [1.807, 2.05) is 54.6 Å². The van der Waals surface area contributed by atoms with E-state index >= 15 is 0 Å². The second-order valence-corrected chi connectivity index (χ2v) is 15.6. The maximum Gasteiger partial charge on any atom is 0.131 e. The Hall–Kier alpha value is -6.29. The molecule has 3 nitrogen and oxygen atoms in total. The summed E-state index contributed by atoms with van der Waals surface area (Å²) >= 11 is 0. The van der Waals surface area contributed by atoms with Gasteiger partial charge >= 0.3 is 0 Å². The van der Waals surface area contributed by atoms with E-state index in [1.54, 1.807) is 6.08 Å². The van der Waals surface area contributed by atoms with Crippen molar-refractivity contribution in [1.82, 2.24) is 4.90 Å². The molecular weight excluding hydrogens is 679 g/mol. The Morgan fingerprint density at radius 2 is 1.14 bits per heavy atom. The van der Waals surface area contributed by atoms with Crippen LogP contribution in [0.4, 0.5) is 0 Å². The summed E-state index contributed by atoms with van der Waals surface area (Å²) in [7, 11) is 2.17. The van der Waals surface area contributed by atoms with E-state index < -0.39 is 17.1 Å². The second kappa shape index (κ2) is 14.7. The monoisotopic (exact) mass is 727 g/mol. The Morgan fingerprint density at radius 1 is 0.625 bits per heavy atom. The largest absolute Gasteiger partial charge is 0.383 e. The molecule has 2 aliphatic carbocycles. The van der Waals surface area contributed by atoms with E-state index in [2.05, 4.69) is 173 Å². The minimum absolute atomic E-state index is 0.235. The lowest BCUT2D eigenvalue weighted by molar-refractivity contribution is 0.128. The molecule has 1 spiro atoms. The van der Waals surface area contributed by atoms with Crippen LogP contribution >= 0.6 is 0 Å². The summed E-state index contributed by atoms with van der Waals surface area (Å²) in [6.45, 7) is 10.9. The van der Waals surface area contributed by atoms with E-state index in [4.69, 9.17) is 10.7 Å². The predicted octanol–water partition coefficient (Wildman–Crippen LogP) is 11.8. The van der Waals surface area contributed by atoms with Crippen LogP contribution in [0.1, 0.15) is 77.0 Å². The molecule has 0 radical (unpaired) electrons. The highest BCUT2D eigenvalue weighted by molar-refractivity contribution is 5.97. The Morgan fingerprint density at radius 3 is 1.79 bits per heavy atom. The first-order valence-corrected chi connectivity index (χ1v) is 19.5. The number of rotatable bonds is 10. The molecule has 2 N–H and O–H groups in total. The zero-order valence-corrected chi connectivity index (χ0v) is 32.7. The fraction of sp³-hybridized carbons (Fsp3) is 0.151. The first-order chi connectivity index (χ1) is 27.2. The number of aliphatic imine (C=N–C) groups is 1. The van der Waals surface area contributed by atoms with Crippen molar-refractivity contribution in [2.24, 2.45) is 10.7 Å². The van der Waals surface area contributed by atoms with Gasteiger partial charge in [-0.25, -0.2) is 4.99 Å². The van der Waals surface area contributed by atoms with E-state index in [-0.39, 0.29) is 5.41 Å². The summed E-state index contributed by atoms with van der Waals surface area (Å²) in [6, 6.07) is 54.9.